The molecule has 1 heteroatoms. The Hall–Kier alpha value is -4.10. The molecule has 0 aromatic heterocycles. The zero-order valence-electron chi connectivity index (χ0n) is 19.6. The average molecular weight is 450 g/mol. The van der Waals surface area contributed by atoms with Crippen molar-refractivity contribution in [2.75, 3.05) is 5.73 Å². The van der Waals surface area contributed by atoms with Gasteiger partial charge in [0.25, 0.3) is 0 Å². The lowest BCUT2D eigenvalue weighted by molar-refractivity contribution is 0.548. The fourth-order valence-corrected chi connectivity index (χ4v) is 6.25. The topological polar surface area (TPSA) is 26.0 Å². The second kappa shape index (κ2) is 7.99. The van der Waals surface area contributed by atoms with Crippen LogP contribution in [0.4, 0.5) is 5.69 Å². The summed E-state index contributed by atoms with van der Waals surface area (Å²) in [6.45, 7) is 0. The van der Waals surface area contributed by atoms with E-state index < -0.39 is 0 Å². The first-order chi connectivity index (χ1) is 17.2. The number of benzene rings is 5. The molecule has 0 spiro atoms. The molecule has 2 unspecified atom stereocenters. The molecule has 5 aromatic rings. The molecule has 0 radical (unpaired) electrons. The second-order valence-electron chi connectivity index (χ2n) is 9.98. The van der Waals surface area contributed by atoms with Crippen molar-refractivity contribution in [3.8, 4) is 22.3 Å². The summed E-state index contributed by atoms with van der Waals surface area (Å²) >= 11 is 0. The van der Waals surface area contributed by atoms with Gasteiger partial charge in [-0.25, -0.2) is 0 Å². The van der Waals surface area contributed by atoms with Gasteiger partial charge in [-0.1, -0.05) is 103 Å². The first-order valence-corrected chi connectivity index (χ1v) is 12.5. The van der Waals surface area contributed by atoms with Gasteiger partial charge in [0.05, 0.1) is 0 Å². The molecule has 0 saturated carbocycles. The lowest BCUT2D eigenvalue weighted by Crippen LogP contribution is -2.18. The van der Waals surface area contributed by atoms with E-state index in [0.717, 1.165) is 12.1 Å². The maximum atomic E-state index is 6.20. The first kappa shape index (κ1) is 20.3. The van der Waals surface area contributed by atoms with Gasteiger partial charge < -0.3 is 5.73 Å². The smallest absolute Gasteiger partial charge is 0.0320 e. The van der Waals surface area contributed by atoms with Gasteiger partial charge >= 0.3 is 0 Å². The maximum Gasteiger partial charge on any atom is 0.0320 e. The van der Waals surface area contributed by atoms with Gasteiger partial charge in [-0.05, 0) is 86.2 Å². The van der Waals surface area contributed by atoms with Crippen LogP contribution in [0.15, 0.2) is 109 Å². The first-order valence-electron chi connectivity index (χ1n) is 12.5. The van der Waals surface area contributed by atoms with E-state index in [1.165, 1.54) is 56.1 Å². The van der Waals surface area contributed by atoms with Gasteiger partial charge in [0.1, 0.15) is 0 Å². The van der Waals surface area contributed by atoms with Crippen LogP contribution in [0.2, 0.25) is 0 Å². The lowest BCUT2D eigenvalue weighted by atomic mass is 9.70. The molecule has 2 aliphatic carbocycles. The van der Waals surface area contributed by atoms with E-state index in [9.17, 15) is 0 Å². The zero-order chi connectivity index (χ0) is 23.4. The molecule has 1 nitrogen and oxygen atoms in total. The van der Waals surface area contributed by atoms with Crippen LogP contribution in [0.1, 0.15) is 40.5 Å². The third-order valence-electron chi connectivity index (χ3n) is 7.91. The summed E-state index contributed by atoms with van der Waals surface area (Å²) in [5.74, 6) is 1.03. The molecule has 0 aliphatic heterocycles. The Kier molecular flexibility index (Phi) is 4.63. The highest BCUT2D eigenvalue weighted by atomic mass is 14.5. The lowest BCUT2D eigenvalue weighted by Gasteiger charge is -2.34. The SMILES string of the molecule is Nc1ccc(-c2ccccc2)c(-c2ccc(C3Cc4ccc5cccc6c5c4C(C=C6)C3)cc2)c1. The number of nitrogens with two attached hydrogens (primary N) is 1. The fraction of sp³-hybridized carbons (Fsp3) is 0.118. The number of anilines is 1. The summed E-state index contributed by atoms with van der Waals surface area (Å²) < 4.78 is 0. The summed E-state index contributed by atoms with van der Waals surface area (Å²) in [6, 6.07) is 37.4. The minimum Gasteiger partial charge on any atom is -0.399 e. The van der Waals surface area contributed by atoms with Crippen LogP contribution in [0.25, 0.3) is 39.1 Å². The van der Waals surface area contributed by atoms with Crippen LogP contribution in [-0.2, 0) is 6.42 Å². The molecule has 0 bridgehead atoms. The average Bonchev–Trinajstić information content (AvgIpc) is 2.92. The monoisotopic (exact) mass is 449 g/mol. The molecular weight excluding hydrogens is 422 g/mol. The van der Waals surface area contributed by atoms with E-state index in [0.29, 0.717) is 11.8 Å². The summed E-state index contributed by atoms with van der Waals surface area (Å²) in [7, 11) is 0. The van der Waals surface area contributed by atoms with Crippen molar-refractivity contribution in [3.63, 3.8) is 0 Å². The summed E-state index contributed by atoms with van der Waals surface area (Å²) in [6.07, 6.45) is 7.04. The standard InChI is InChI=1S/C34H27N/c35-30-17-18-31(23-5-2-1-3-6-23)32(21-30)24-11-9-22(10-12-24)29-19-27-15-13-25-7-4-8-26-14-16-28(20-29)34(27)33(25)26/h1-18,21,27,29H,19-20,35H2. The van der Waals surface area contributed by atoms with Gasteiger partial charge in [-0.2, -0.15) is 0 Å². The molecule has 0 heterocycles. The number of nitrogen functional groups attached to an aromatic ring is 1. The number of allylic oxidation sites excluding steroid dienone is 1. The molecule has 2 aliphatic rings. The van der Waals surface area contributed by atoms with Crippen molar-refractivity contribution < 1.29 is 0 Å². The highest BCUT2D eigenvalue weighted by Gasteiger charge is 2.30. The van der Waals surface area contributed by atoms with Gasteiger partial charge in [0.2, 0.25) is 0 Å². The van der Waals surface area contributed by atoms with Crippen molar-refractivity contribution in [3.05, 3.63) is 131 Å². The van der Waals surface area contributed by atoms with Gasteiger partial charge in [-0.15, -0.1) is 0 Å². The number of hydrogen-bond donors (Lipinski definition) is 1. The van der Waals surface area contributed by atoms with Crippen molar-refractivity contribution in [2.45, 2.75) is 24.7 Å². The Bertz CT molecular complexity index is 1590. The molecule has 7 rings (SSSR count). The Balaban J connectivity index is 1.24. The second-order valence-corrected chi connectivity index (χ2v) is 9.98. The molecular formula is C34H27N. The maximum absolute atomic E-state index is 6.20. The third kappa shape index (κ3) is 3.39. The zero-order valence-corrected chi connectivity index (χ0v) is 19.6. The summed E-state index contributed by atoms with van der Waals surface area (Å²) in [4.78, 5) is 0. The minimum atomic E-state index is 0.501. The minimum absolute atomic E-state index is 0.501. The van der Waals surface area contributed by atoms with Gasteiger partial charge in [0.15, 0.2) is 0 Å². The van der Waals surface area contributed by atoms with Gasteiger partial charge in [-0.3, -0.25) is 0 Å². The van der Waals surface area contributed by atoms with Crippen molar-refractivity contribution >= 4 is 22.5 Å². The van der Waals surface area contributed by atoms with Crippen LogP contribution in [0.5, 0.6) is 0 Å². The largest absolute Gasteiger partial charge is 0.399 e. The summed E-state index contributed by atoms with van der Waals surface area (Å²) in [5, 5.41) is 2.84. The van der Waals surface area contributed by atoms with Crippen LogP contribution in [0.3, 0.4) is 0 Å². The Morgan fingerprint density at radius 3 is 2.37 bits per heavy atom. The van der Waals surface area contributed by atoms with Crippen molar-refractivity contribution in [1.82, 2.24) is 0 Å². The molecule has 5 aromatic carbocycles. The van der Waals surface area contributed by atoms with Crippen LogP contribution in [-0.4, -0.2) is 0 Å². The quantitative estimate of drug-likeness (QED) is 0.274. The van der Waals surface area contributed by atoms with Crippen LogP contribution < -0.4 is 5.73 Å². The predicted molar refractivity (Wildman–Crippen MR) is 149 cm³/mol. The molecule has 0 fully saturated rings. The van der Waals surface area contributed by atoms with Crippen molar-refractivity contribution in [1.29, 1.82) is 0 Å². The highest BCUT2D eigenvalue weighted by Crippen LogP contribution is 2.47. The third-order valence-corrected chi connectivity index (χ3v) is 7.91. The molecule has 0 amide bonds. The molecule has 2 atom stereocenters. The number of rotatable bonds is 3. The van der Waals surface area contributed by atoms with E-state index in [-0.39, 0.29) is 0 Å². The van der Waals surface area contributed by atoms with Gasteiger partial charge in [0, 0.05) is 11.6 Å². The van der Waals surface area contributed by atoms with E-state index in [1.807, 2.05) is 6.07 Å². The van der Waals surface area contributed by atoms with E-state index in [1.54, 1.807) is 5.56 Å². The summed E-state index contributed by atoms with van der Waals surface area (Å²) in [5.41, 5.74) is 17.7. The van der Waals surface area contributed by atoms with Crippen LogP contribution >= 0.6 is 0 Å². The number of hydrogen-bond acceptors (Lipinski definition) is 1. The molecule has 168 valence electrons. The molecule has 0 saturated heterocycles. The van der Waals surface area contributed by atoms with Crippen molar-refractivity contribution in [2.24, 2.45) is 0 Å². The van der Waals surface area contributed by atoms with E-state index in [2.05, 4.69) is 109 Å². The fourth-order valence-electron chi connectivity index (χ4n) is 6.25. The molecule has 35 heavy (non-hydrogen) atoms. The predicted octanol–water partition coefficient (Wildman–Crippen LogP) is 8.60. The Morgan fingerprint density at radius 1 is 0.686 bits per heavy atom. The highest BCUT2D eigenvalue weighted by molar-refractivity contribution is 5.96. The van der Waals surface area contributed by atoms with E-state index >= 15 is 0 Å². The Morgan fingerprint density at radius 2 is 1.51 bits per heavy atom. The normalized spacial score (nSPS) is 18.1. The van der Waals surface area contributed by atoms with Crippen LogP contribution in [0, 0.1) is 0 Å². The molecule has 2 N–H and O–H groups in total. The Labute approximate surface area is 206 Å². The van der Waals surface area contributed by atoms with E-state index in [4.69, 9.17) is 5.73 Å².